The van der Waals surface area contributed by atoms with Crippen molar-refractivity contribution in [1.29, 1.82) is 5.26 Å². The molecule has 0 aromatic heterocycles. The highest BCUT2D eigenvalue weighted by atomic mass is 16.1. The Bertz CT molecular complexity index is 669. The molecular weight excluding hydrogens is 272 g/mol. The lowest BCUT2D eigenvalue weighted by atomic mass is 10.0. The smallest absolute Gasteiger partial charge is 0.255 e. The molecule has 0 atom stereocenters. The number of aryl methyl sites for hydroxylation is 1. The van der Waals surface area contributed by atoms with Crippen molar-refractivity contribution in [2.45, 2.75) is 32.6 Å². The molecule has 112 valence electrons. The summed E-state index contributed by atoms with van der Waals surface area (Å²) in [5, 5.41) is 11.7. The molecular formula is C19H20N2O. The fourth-order valence-corrected chi connectivity index (χ4v) is 2.32. The van der Waals surface area contributed by atoms with E-state index in [2.05, 4.69) is 18.3 Å². The second-order valence-electron chi connectivity index (χ2n) is 5.25. The SMILES string of the molecule is CCCCc1ccc(NC(=O)c2ccccc2CC#N)cc1. The minimum atomic E-state index is -0.174. The maximum Gasteiger partial charge on any atom is 0.255 e. The summed E-state index contributed by atoms with van der Waals surface area (Å²) in [6.45, 7) is 2.17. The third-order valence-electron chi connectivity index (χ3n) is 3.56. The Hall–Kier alpha value is -2.60. The standard InChI is InChI=1S/C19H20N2O/c1-2-3-6-15-9-11-17(12-10-15)21-19(22)18-8-5-4-7-16(18)13-14-20/h4-5,7-12H,2-3,6,13H2,1H3,(H,21,22). The van der Waals surface area contributed by atoms with Crippen molar-refractivity contribution >= 4 is 11.6 Å². The lowest BCUT2D eigenvalue weighted by Gasteiger charge is -2.09. The van der Waals surface area contributed by atoms with Crippen LogP contribution in [0.3, 0.4) is 0 Å². The highest BCUT2D eigenvalue weighted by molar-refractivity contribution is 6.05. The van der Waals surface area contributed by atoms with Crippen LogP contribution in [-0.4, -0.2) is 5.91 Å². The molecule has 0 aliphatic heterocycles. The normalized spacial score (nSPS) is 10.0. The number of unbranched alkanes of at least 4 members (excludes halogenated alkanes) is 1. The van der Waals surface area contributed by atoms with Crippen molar-refractivity contribution < 1.29 is 4.79 Å². The van der Waals surface area contributed by atoms with Crippen LogP contribution in [0.4, 0.5) is 5.69 Å². The van der Waals surface area contributed by atoms with E-state index in [-0.39, 0.29) is 12.3 Å². The summed E-state index contributed by atoms with van der Waals surface area (Å²) in [6.07, 6.45) is 3.65. The van der Waals surface area contributed by atoms with Crippen molar-refractivity contribution in [3.8, 4) is 6.07 Å². The van der Waals surface area contributed by atoms with Gasteiger partial charge in [0.2, 0.25) is 0 Å². The van der Waals surface area contributed by atoms with E-state index in [1.54, 1.807) is 6.07 Å². The fourth-order valence-electron chi connectivity index (χ4n) is 2.32. The number of nitrogens with zero attached hydrogens (tertiary/aromatic N) is 1. The molecule has 0 aliphatic rings. The van der Waals surface area contributed by atoms with Crippen molar-refractivity contribution in [2.75, 3.05) is 5.32 Å². The zero-order valence-corrected chi connectivity index (χ0v) is 12.8. The van der Waals surface area contributed by atoms with Crippen molar-refractivity contribution in [1.82, 2.24) is 0 Å². The monoisotopic (exact) mass is 292 g/mol. The van der Waals surface area contributed by atoms with Gasteiger partial charge in [-0.15, -0.1) is 0 Å². The lowest BCUT2D eigenvalue weighted by molar-refractivity contribution is 0.102. The first kappa shape index (κ1) is 15.8. The number of nitrogens with one attached hydrogen (secondary N) is 1. The molecule has 0 bridgehead atoms. The molecule has 2 rings (SSSR count). The molecule has 0 radical (unpaired) electrons. The molecule has 0 spiro atoms. The number of amides is 1. The van der Waals surface area contributed by atoms with Gasteiger partial charge in [0, 0.05) is 11.3 Å². The zero-order valence-electron chi connectivity index (χ0n) is 12.8. The van der Waals surface area contributed by atoms with Crippen molar-refractivity contribution in [3.63, 3.8) is 0 Å². The maximum absolute atomic E-state index is 12.3. The number of carbonyl (C=O) groups is 1. The van der Waals surface area contributed by atoms with E-state index in [1.165, 1.54) is 18.4 Å². The number of hydrogen-bond acceptors (Lipinski definition) is 2. The van der Waals surface area contributed by atoms with Crippen molar-refractivity contribution in [3.05, 3.63) is 65.2 Å². The van der Waals surface area contributed by atoms with E-state index in [4.69, 9.17) is 5.26 Å². The summed E-state index contributed by atoms with van der Waals surface area (Å²) >= 11 is 0. The van der Waals surface area contributed by atoms with Crippen LogP contribution < -0.4 is 5.32 Å². The molecule has 0 heterocycles. The number of benzene rings is 2. The first-order valence-electron chi connectivity index (χ1n) is 7.59. The Morgan fingerprint density at radius 1 is 1.14 bits per heavy atom. The molecule has 3 nitrogen and oxygen atoms in total. The van der Waals surface area contributed by atoms with Gasteiger partial charge in [0.25, 0.3) is 5.91 Å². The largest absolute Gasteiger partial charge is 0.322 e. The van der Waals surface area contributed by atoms with Crippen LogP contribution in [0.1, 0.15) is 41.3 Å². The second kappa shape index (κ2) is 7.99. The summed E-state index contributed by atoms with van der Waals surface area (Å²) in [4.78, 5) is 12.3. The first-order valence-corrected chi connectivity index (χ1v) is 7.59. The van der Waals surface area contributed by atoms with Gasteiger partial charge in [0.1, 0.15) is 0 Å². The Labute approximate surface area is 131 Å². The third kappa shape index (κ3) is 4.20. The summed E-state index contributed by atoms with van der Waals surface area (Å²) < 4.78 is 0. The molecule has 0 aliphatic carbocycles. The fraction of sp³-hybridized carbons (Fsp3) is 0.263. The maximum atomic E-state index is 12.3. The van der Waals surface area contributed by atoms with Crippen LogP contribution in [0.2, 0.25) is 0 Å². The van der Waals surface area contributed by atoms with E-state index in [0.717, 1.165) is 17.7 Å². The lowest BCUT2D eigenvalue weighted by Crippen LogP contribution is -2.14. The van der Waals surface area contributed by atoms with Crippen LogP contribution in [0.25, 0.3) is 0 Å². The highest BCUT2D eigenvalue weighted by Crippen LogP contribution is 2.15. The second-order valence-corrected chi connectivity index (χ2v) is 5.25. The van der Waals surface area contributed by atoms with Gasteiger partial charge in [-0.25, -0.2) is 0 Å². The van der Waals surface area contributed by atoms with Crippen LogP contribution in [-0.2, 0) is 12.8 Å². The van der Waals surface area contributed by atoms with Gasteiger partial charge in [-0.3, -0.25) is 4.79 Å². The van der Waals surface area contributed by atoms with Crippen LogP contribution in [0.5, 0.6) is 0 Å². The van der Waals surface area contributed by atoms with Crippen LogP contribution in [0, 0.1) is 11.3 Å². The number of carbonyl (C=O) groups excluding carboxylic acids is 1. The molecule has 2 aromatic rings. The predicted molar refractivity (Wildman–Crippen MR) is 88.8 cm³/mol. The van der Waals surface area contributed by atoms with Gasteiger partial charge in [0.05, 0.1) is 12.5 Å². The van der Waals surface area contributed by atoms with Gasteiger partial charge >= 0.3 is 0 Å². The average Bonchev–Trinajstić information content (AvgIpc) is 2.55. The Balaban J connectivity index is 2.07. The highest BCUT2D eigenvalue weighted by Gasteiger charge is 2.10. The third-order valence-corrected chi connectivity index (χ3v) is 3.56. The Morgan fingerprint density at radius 2 is 1.86 bits per heavy atom. The molecule has 0 fully saturated rings. The molecule has 1 amide bonds. The summed E-state index contributed by atoms with van der Waals surface area (Å²) in [7, 11) is 0. The molecule has 1 N–H and O–H groups in total. The van der Waals surface area contributed by atoms with Gasteiger partial charge in [-0.05, 0) is 42.2 Å². The topological polar surface area (TPSA) is 52.9 Å². The molecule has 3 heteroatoms. The number of anilines is 1. The molecule has 0 saturated carbocycles. The minimum absolute atomic E-state index is 0.174. The van der Waals surface area contributed by atoms with E-state index in [9.17, 15) is 4.79 Å². The quantitative estimate of drug-likeness (QED) is 0.860. The number of hydrogen-bond donors (Lipinski definition) is 1. The van der Waals surface area contributed by atoms with Crippen LogP contribution in [0.15, 0.2) is 48.5 Å². The number of rotatable bonds is 6. The summed E-state index contributed by atoms with van der Waals surface area (Å²) in [5.41, 5.74) is 3.36. The van der Waals surface area contributed by atoms with Gasteiger partial charge < -0.3 is 5.32 Å². The first-order chi connectivity index (χ1) is 10.7. The van der Waals surface area contributed by atoms with Crippen molar-refractivity contribution in [2.24, 2.45) is 0 Å². The molecule has 0 saturated heterocycles. The average molecular weight is 292 g/mol. The van der Waals surface area contributed by atoms with E-state index >= 15 is 0 Å². The molecule has 2 aromatic carbocycles. The van der Waals surface area contributed by atoms with Gasteiger partial charge in [-0.2, -0.15) is 5.26 Å². The Morgan fingerprint density at radius 3 is 2.55 bits per heavy atom. The van der Waals surface area contributed by atoms with E-state index in [0.29, 0.717) is 5.56 Å². The molecule has 22 heavy (non-hydrogen) atoms. The summed E-state index contributed by atoms with van der Waals surface area (Å²) in [5.74, 6) is -0.174. The van der Waals surface area contributed by atoms with E-state index < -0.39 is 0 Å². The van der Waals surface area contributed by atoms with Gasteiger partial charge in [0.15, 0.2) is 0 Å². The Kier molecular flexibility index (Phi) is 5.73. The van der Waals surface area contributed by atoms with Crippen LogP contribution >= 0.6 is 0 Å². The minimum Gasteiger partial charge on any atom is -0.322 e. The van der Waals surface area contributed by atoms with E-state index in [1.807, 2.05) is 42.5 Å². The zero-order chi connectivity index (χ0) is 15.8. The molecule has 0 unspecified atom stereocenters. The number of nitriles is 1. The van der Waals surface area contributed by atoms with Gasteiger partial charge in [-0.1, -0.05) is 43.7 Å². The summed E-state index contributed by atoms with van der Waals surface area (Å²) in [6, 6.07) is 17.2. The predicted octanol–water partition coefficient (Wildman–Crippen LogP) is 4.35.